The monoisotopic (exact) mass is 160 g/mol. The zero-order valence-corrected chi connectivity index (χ0v) is 7.56. The first-order valence-electron chi connectivity index (χ1n) is 4.14. The zero-order chi connectivity index (χ0) is 8.53. The summed E-state index contributed by atoms with van der Waals surface area (Å²) in [6.07, 6.45) is 0. The van der Waals surface area contributed by atoms with Crippen LogP contribution in [0.2, 0.25) is 0 Å². The third-order valence-electron chi connectivity index (χ3n) is 1.54. The van der Waals surface area contributed by atoms with Gasteiger partial charge in [-0.15, -0.1) is 0 Å². The van der Waals surface area contributed by atoms with Crippen molar-refractivity contribution in [3.63, 3.8) is 0 Å². The van der Waals surface area contributed by atoms with E-state index in [1.165, 1.54) is 13.1 Å². The Balaban J connectivity index is 0.000000218. The van der Waals surface area contributed by atoms with Crippen LogP contribution in [0.15, 0.2) is 0 Å². The van der Waals surface area contributed by atoms with Gasteiger partial charge in [0.05, 0.1) is 0 Å². The molecule has 0 amide bonds. The molecule has 11 heavy (non-hydrogen) atoms. The molecule has 0 bridgehead atoms. The lowest BCUT2D eigenvalue weighted by Crippen LogP contribution is -2.40. The normalized spacial score (nSPS) is 18.8. The van der Waals surface area contributed by atoms with Crippen molar-refractivity contribution in [2.75, 3.05) is 39.8 Å². The second-order valence-electron chi connectivity index (χ2n) is 2.61. The minimum atomic E-state index is 0.847. The molecule has 0 spiro atoms. The molecule has 0 unspecified atom stereocenters. The van der Waals surface area contributed by atoms with Gasteiger partial charge in [-0.3, -0.25) is 11.3 Å². The summed E-state index contributed by atoms with van der Waals surface area (Å²) < 4.78 is 0. The maximum Gasteiger partial charge on any atom is 0.0104 e. The number of piperazine rings is 1. The Kier molecular flexibility index (Phi) is 7.83. The summed E-state index contributed by atoms with van der Waals surface area (Å²) in [6, 6.07) is 0. The average molecular weight is 160 g/mol. The highest BCUT2D eigenvalue weighted by atomic mass is 15.2. The largest absolute Gasteiger partial charge is 0.314 e. The summed E-state index contributed by atoms with van der Waals surface area (Å²) in [5.74, 6) is 4.78. The summed E-state index contributed by atoms with van der Waals surface area (Å²) in [6.45, 7) is 7.53. The number of nitrogens with one attached hydrogen (secondary N) is 2. The lowest BCUT2D eigenvalue weighted by Gasteiger charge is -2.21. The van der Waals surface area contributed by atoms with Gasteiger partial charge in [0.25, 0.3) is 0 Å². The van der Waals surface area contributed by atoms with Crippen LogP contribution in [-0.4, -0.2) is 44.7 Å². The Morgan fingerprint density at radius 2 is 1.91 bits per heavy atom. The van der Waals surface area contributed by atoms with E-state index >= 15 is 0 Å². The van der Waals surface area contributed by atoms with Crippen LogP contribution in [0.25, 0.3) is 0 Å². The fourth-order valence-electron chi connectivity index (χ4n) is 0.777. The minimum absolute atomic E-state index is 0.847. The van der Waals surface area contributed by atoms with Crippen LogP contribution >= 0.6 is 0 Å². The first kappa shape index (κ1) is 10.8. The third-order valence-corrected chi connectivity index (χ3v) is 1.54. The van der Waals surface area contributed by atoms with E-state index in [0.717, 1.165) is 19.6 Å². The van der Waals surface area contributed by atoms with Crippen molar-refractivity contribution in [2.24, 2.45) is 5.84 Å². The molecule has 68 valence electrons. The molecular weight excluding hydrogens is 140 g/mol. The molecule has 0 aromatic rings. The maximum absolute atomic E-state index is 4.78. The van der Waals surface area contributed by atoms with Crippen molar-refractivity contribution >= 4 is 0 Å². The van der Waals surface area contributed by atoms with E-state index in [-0.39, 0.29) is 0 Å². The maximum atomic E-state index is 4.78. The molecule has 1 saturated heterocycles. The quantitative estimate of drug-likeness (QED) is 0.340. The van der Waals surface area contributed by atoms with Crippen LogP contribution < -0.4 is 16.6 Å². The molecule has 1 rings (SSSR count). The number of hydrazine groups is 1. The Morgan fingerprint density at radius 3 is 2.09 bits per heavy atom. The number of rotatable bonds is 1. The zero-order valence-electron chi connectivity index (χ0n) is 7.56. The van der Waals surface area contributed by atoms with E-state index in [4.69, 9.17) is 5.84 Å². The molecular formula is C7H20N4. The molecule has 1 aliphatic heterocycles. The van der Waals surface area contributed by atoms with E-state index in [1.54, 1.807) is 0 Å². The fourth-order valence-corrected chi connectivity index (χ4v) is 0.777. The smallest absolute Gasteiger partial charge is 0.0104 e. The second-order valence-corrected chi connectivity index (χ2v) is 2.61. The van der Waals surface area contributed by atoms with Gasteiger partial charge < -0.3 is 10.2 Å². The topological polar surface area (TPSA) is 53.3 Å². The van der Waals surface area contributed by atoms with Crippen LogP contribution in [0, 0.1) is 0 Å². The number of hydrogen-bond acceptors (Lipinski definition) is 4. The Bertz CT molecular complexity index is 68.8. The van der Waals surface area contributed by atoms with Gasteiger partial charge in [-0.1, -0.05) is 6.92 Å². The van der Waals surface area contributed by atoms with Crippen molar-refractivity contribution in [3.05, 3.63) is 0 Å². The third kappa shape index (κ3) is 7.74. The highest BCUT2D eigenvalue weighted by Gasteiger charge is 2.01. The Hall–Kier alpha value is -0.160. The molecule has 1 fully saturated rings. The SMILES string of the molecule is CCNN.CN1CCNCC1. The first-order valence-corrected chi connectivity index (χ1v) is 4.14. The van der Waals surface area contributed by atoms with Crippen LogP contribution in [0.1, 0.15) is 6.92 Å². The van der Waals surface area contributed by atoms with E-state index in [2.05, 4.69) is 22.7 Å². The first-order chi connectivity index (χ1) is 5.31. The van der Waals surface area contributed by atoms with Gasteiger partial charge in [0.15, 0.2) is 0 Å². The number of hydrogen-bond donors (Lipinski definition) is 3. The molecule has 1 heterocycles. The summed E-state index contributed by atoms with van der Waals surface area (Å²) in [7, 11) is 2.15. The van der Waals surface area contributed by atoms with Gasteiger partial charge in [-0.05, 0) is 7.05 Å². The molecule has 4 nitrogen and oxygen atoms in total. The average Bonchev–Trinajstić information content (AvgIpc) is 2.07. The molecule has 1 aliphatic rings. The van der Waals surface area contributed by atoms with Gasteiger partial charge >= 0.3 is 0 Å². The van der Waals surface area contributed by atoms with Gasteiger partial charge in [0, 0.05) is 32.7 Å². The van der Waals surface area contributed by atoms with E-state index in [0.29, 0.717) is 0 Å². The predicted molar refractivity (Wildman–Crippen MR) is 48.2 cm³/mol. The standard InChI is InChI=1S/C5H12N2.C2H8N2/c1-7-4-2-6-3-5-7;1-2-4-3/h6H,2-5H2,1H3;4H,2-3H2,1H3. The molecule has 4 heteroatoms. The molecule has 0 atom stereocenters. The van der Waals surface area contributed by atoms with Crippen molar-refractivity contribution < 1.29 is 0 Å². The molecule has 0 aromatic heterocycles. The van der Waals surface area contributed by atoms with Crippen LogP contribution in [0.4, 0.5) is 0 Å². The molecule has 0 aromatic carbocycles. The van der Waals surface area contributed by atoms with Crippen molar-refractivity contribution in [1.82, 2.24) is 15.6 Å². The van der Waals surface area contributed by atoms with Crippen molar-refractivity contribution in [3.8, 4) is 0 Å². The van der Waals surface area contributed by atoms with E-state index in [1.807, 2.05) is 6.92 Å². The molecule has 0 saturated carbocycles. The van der Waals surface area contributed by atoms with Crippen LogP contribution in [0.5, 0.6) is 0 Å². The van der Waals surface area contributed by atoms with Crippen LogP contribution in [-0.2, 0) is 0 Å². The Labute approximate surface area is 69.1 Å². The highest BCUT2D eigenvalue weighted by Crippen LogP contribution is 1.82. The lowest BCUT2D eigenvalue weighted by molar-refractivity contribution is 0.291. The second kappa shape index (κ2) is 7.94. The number of nitrogens with zero attached hydrogens (tertiary/aromatic N) is 1. The predicted octanol–water partition coefficient (Wildman–Crippen LogP) is -1.01. The lowest BCUT2D eigenvalue weighted by atomic mass is 10.4. The summed E-state index contributed by atoms with van der Waals surface area (Å²) in [4.78, 5) is 2.33. The van der Waals surface area contributed by atoms with Gasteiger partial charge in [0.2, 0.25) is 0 Å². The number of nitrogens with two attached hydrogens (primary N) is 1. The summed E-state index contributed by atoms with van der Waals surface area (Å²) in [5.41, 5.74) is 2.43. The summed E-state index contributed by atoms with van der Waals surface area (Å²) in [5, 5.41) is 3.27. The van der Waals surface area contributed by atoms with Crippen molar-refractivity contribution in [1.29, 1.82) is 0 Å². The molecule has 0 radical (unpaired) electrons. The minimum Gasteiger partial charge on any atom is -0.314 e. The Morgan fingerprint density at radius 1 is 1.45 bits per heavy atom. The van der Waals surface area contributed by atoms with Crippen LogP contribution in [0.3, 0.4) is 0 Å². The molecule has 4 N–H and O–H groups in total. The van der Waals surface area contributed by atoms with Gasteiger partial charge in [-0.25, -0.2) is 0 Å². The highest BCUT2D eigenvalue weighted by molar-refractivity contribution is 4.62. The van der Waals surface area contributed by atoms with E-state index in [9.17, 15) is 0 Å². The van der Waals surface area contributed by atoms with E-state index < -0.39 is 0 Å². The van der Waals surface area contributed by atoms with Crippen molar-refractivity contribution in [2.45, 2.75) is 6.92 Å². The van der Waals surface area contributed by atoms with Gasteiger partial charge in [-0.2, -0.15) is 0 Å². The number of likely N-dealkylation sites (N-methyl/N-ethyl adjacent to an activating group) is 1. The van der Waals surface area contributed by atoms with Gasteiger partial charge in [0.1, 0.15) is 0 Å². The fraction of sp³-hybridized carbons (Fsp3) is 1.00. The molecule has 0 aliphatic carbocycles. The summed E-state index contributed by atoms with van der Waals surface area (Å²) >= 11 is 0.